The smallest absolute Gasteiger partial charge is 0.302 e. The monoisotopic (exact) mass is 207 g/mol. The predicted molar refractivity (Wildman–Crippen MR) is 65.4 cm³/mol. The third kappa shape index (κ3) is 3.74. The first kappa shape index (κ1) is 13.4. The number of hydrogen-bond donors (Lipinski definition) is 0. The van der Waals surface area contributed by atoms with E-state index in [1.807, 2.05) is 24.4 Å². The Labute approximate surface area is 111 Å². The minimum Gasteiger partial charge on any atom is -0.302 e. The molecule has 0 bridgehead atoms. The van der Waals surface area contributed by atoms with Gasteiger partial charge in [0.15, 0.2) is 0 Å². The molecule has 1 saturated carbocycles. The molecule has 1 fully saturated rings. The molecule has 0 N–H and O–H groups in total. The summed E-state index contributed by atoms with van der Waals surface area (Å²) in [6, 6.07) is 8.71. The van der Waals surface area contributed by atoms with Crippen LogP contribution in [0.2, 0.25) is 0 Å². The third-order valence-corrected chi connectivity index (χ3v) is 3.05. The summed E-state index contributed by atoms with van der Waals surface area (Å²) in [5, 5.41) is 0. The van der Waals surface area contributed by atoms with Gasteiger partial charge in [-0.1, -0.05) is 25.3 Å². The van der Waals surface area contributed by atoms with E-state index in [4.69, 9.17) is 0 Å². The molecule has 16 heavy (non-hydrogen) atoms. The maximum Gasteiger partial charge on any atom is 1.00 e. The zero-order chi connectivity index (χ0) is 10.5. The molecule has 1 aliphatic carbocycles. The Morgan fingerprint density at radius 3 is 2.50 bits per heavy atom. The molecule has 1 aliphatic rings. The van der Waals surface area contributed by atoms with E-state index in [-0.39, 0.29) is 18.9 Å². The molecule has 0 amide bonds. The summed E-state index contributed by atoms with van der Waals surface area (Å²) in [4.78, 5) is 4.65. The average Bonchev–Trinajstić information content (AvgIpc) is 2.29. The van der Waals surface area contributed by atoms with Crippen LogP contribution in [0.1, 0.15) is 43.2 Å². The largest absolute Gasteiger partial charge is 1.00 e. The second-order valence-corrected chi connectivity index (χ2v) is 4.27. The summed E-state index contributed by atoms with van der Waals surface area (Å²) >= 11 is 0. The second-order valence-electron chi connectivity index (χ2n) is 4.27. The second kappa shape index (κ2) is 6.84. The Morgan fingerprint density at radius 2 is 1.81 bits per heavy atom. The van der Waals surface area contributed by atoms with Crippen LogP contribution in [0.15, 0.2) is 29.3 Å². The Morgan fingerprint density at radius 1 is 1.12 bits per heavy atom. The fourth-order valence-corrected chi connectivity index (χ4v) is 2.08. The number of aliphatic imine (C=N–C) groups is 1. The molecule has 0 heterocycles. The van der Waals surface area contributed by atoms with Crippen LogP contribution in [-0.2, 0) is 0 Å². The first-order valence-electron chi connectivity index (χ1n) is 5.80. The van der Waals surface area contributed by atoms with Crippen LogP contribution in [0.3, 0.4) is 0 Å². The summed E-state index contributed by atoms with van der Waals surface area (Å²) in [6.45, 7) is 3.99. The van der Waals surface area contributed by atoms with Crippen LogP contribution in [0, 0.1) is 6.92 Å². The fraction of sp³-hybridized carbons (Fsp3) is 0.429. The normalized spacial score (nSPS) is 17.2. The predicted octanol–water partition coefficient (Wildman–Crippen LogP) is 0.624. The molecular weight excluding hydrogens is 189 g/mol. The minimum absolute atomic E-state index is 0. The molecule has 2 heteroatoms. The molecule has 0 spiro atoms. The Bertz CT molecular complexity index is 340. The summed E-state index contributed by atoms with van der Waals surface area (Å²) in [5.41, 5.74) is 2.22. The summed E-state index contributed by atoms with van der Waals surface area (Å²) in [5.74, 6) is 0. The maximum atomic E-state index is 4.65. The van der Waals surface area contributed by atoms with Gasteiger partial charge in [-0.3, -0.25) is 0 Å². The molecule has 1 aromatic rings. The molecule has 0 aliphatic heterocycles. The van der Waals surface area contributed by atoms with Crippen molar-refractivity contribution in [3.8, 4) is 0 Å². The summed E-state index contributed by atoms with van der Waals surface area (Å²) < 4.78 is 0. The first-order valence-corrected chi connectivity index (χ1v) is 5.80. The van der Waals surface area contributed by atoms with Gasteiger partial charge in [0, 0.05) is 6.04 Å². The van der Waals surface area contributed by atoms with E-state index in [2.05, 4.69) is 18.0 Å². The first-order chi connectivity index (χ1) is 7.36. The Balaban J connectivity index is 0.00000128. The maximum absolute atomic E-state index is 4.65. The zero-order valence-corrected chi connectivity index (χ0v) is 10.2. The molecule has 0 atom stereocenters. The molecule has 0 aromatic heterocycles. The van der Waals surface area contributed by atoms with Crippen molar-refractivity contribution in [2.45, 2.75) is 38.1 Å². The third-order valence-electron chi connectivity index (χ3n) is 3.05. The van der Waals surface area contributed by atoms with Gasteiger partial charge in [-0.05, 0) is 19.1 Å². The molecule has 0 unspecified atom stereocenters. The number of nitrogens with zero attached hydrogens (tertiary/aromatic N) is 1. The van der Waals surface area contributed by atoms with E-state index < -0.39 is 0 Å². The van der Waals surface area contributed by atoms with Crippen molar-refractivity contribution in [2.75, 3.05) is 0 Å². The van der Waals surface area contributed by atoms with Crippen molar-refractivity contribution in [3.63, 3.8) is 0 Å². The van der Waals surface area contributed by atoms with Gasteiger partial charge >= 0.3 is 18.9 Å². The van der Waals surface area contributed by atoms with Crippen molar-refractivity contribution in [1.82, 2.24) is 0 Å². The van der Waals surface area contributed by atoms with Gasteiger partial charge in [0.25, 0.3) is 0 Å². The number of benzene rings is 1. The van der Waals surface area contributed by atoms with E-state index >= 15 is 0 Å². The van der Waals surface area contributed by atoms with Crippen LogP contribution in [0.5, 0.6) is 0 Å². The van der Waals surface area contributed by atoms with Crippen molar-refractivity contribution in [2.24, 2.45) is 4.99 Å². The molecule has 2 rings (SSSR count). The van der Waals surface area contributed by atoms with Crippen molar-refractivity contribution < 1.29 is 18.9 Å². The van der Waals surface area contributed by atoms with E-state index in [0.29, 0.717) is 6.04 Å². The van der Waals surface area contributed by atoms with Crippen molar-refractivity contribution in [1.29, 1.82) is 0 Å². The van der Waals surface area contributed by atoms with Crippen LogP contribution in [-0.4, -0.2) is 12.3 Å². The van der Waals surface area contributed by atoms with E-state index in [1.54, 1.807) is 0 Å². The van der Waals surface area contributed by atoms with Gasteiger partial charge in [-0.2, -0.15) is 18.6 Å². The van der Waals surface area contributed by atoms with Gasteiger partial charge in [-0.15, -0.1) is 17.7 Å². The van der Waals surface area contributed by atoms with Gasteiger partial charge in [0.1, 0.15) is 0 Å². The SMILES string of the molecule is [CH2-]c1ccccc1C=NC1CCCCC1.[Li+]. The Hall–Kier alpha value is -0.643. The molecule has 0 radical (unpaired) electrons. The molecule has 1 aromatic carbocycles. The van der Waals surface area contributed by atoms with Crippen molar-refractivity contribution in [3.05, 3.63) is 42.3 Å². The van der Waals surface area contributed by atoms with Crippen LogP contribution < -0.4 is 18.9 Å². The fourth-order valence-electron chi connectivity index (χ4n) is 2.08. The quantitative estimate of drug-likeness (QED) is 0.383. The van der Waals surface area contributed by atoms with Crippen molar-refractivity contribution >= 4 is 6.21 Å². The van der Waals surface area contributed by atoms with E-state index in [1.165, 1.54) is 32.1 Å². The number of hydrogen-bond acceptors (Lipinski definition) is 1. The van der Waals surface area contributed by atoms with Crippen LogP contribution in [0.25, 0.3) is 0 Å². The van der Waals surface area contributed by atoms with Crippen LogP contribution in [0.4, 0.5) is 0 Å². The van der Waals surface area contributed by atoms with Gasteiger partial charge in [-0.25, -0.2) is 0 Å². The summed E-state index contributed by atoms with van der Waals surface area (Å²) in [7, 11) is 0. The molecule has 1 nitrogen and oxygen atoms in total. The molecular formula is C14H18LiN. The van der Waals surface area contributed by atoms with Gasteiger partial charge < -0.3 is 4.99 Å². The van der Waals surface area contributed by atoms with E-state index in [9.17, 15) is 0 Å². The van der Waals surface area contributed by atoms with Crippen LogP contribution >= 0.6 is 0 Å². The Kier molecular flexibility index (Phi) is 5.74. The van der Waals surface area contributed by atoms with Gasteiger partial charge in [0.2, 0.25) is 0 Å². The summed E-state index contributed by atoms with van der Waals surface area (Å²) in [6.07, 6.45) is 8.59. The zero-order valence-electron chi connectivity index (χ0n) is 10.2. The minimum atomic E-state index is 0. The molecule has 0 saturated heterocycles. The topological polar surface area (TPSA) is 12.4 Å². The van der Waals surface area contributed by atoms with E-state index in [0.717, 1.165) is 11.1 Å². The standard InChI is InChI=1S/C14H18N.Li/c1-12-7-5-6-8-13(12)11-15-14-9-3-2-4-10-14;/h5-8,11,14H,1-4,9-10H2;/q-1;+1. The molecule has 80 valence electrons. The van der Waals surface area contributed by atoms with Gasteiger partial charge in [0.05, 0.1) is 0 Å². The number of rotatable bonds is 2. The average molecular weight is 207 g/mol.